The summed E-state index contributed by atoms with van der Waals surface area (Å²) >= 11 is 0. The highest BCUT2D eigenvalue weighted by molar-refractivity contribution is 5.94. The SMILES string of the molecule is CC(C)(C)c1ccc(C(=O)NCc2nnc(-c3cccnc3)o2)cc1. The van der Waals surface area contributed by atoms with Crippen molar-refractivity contribution < 1.29 is 9.21 Å². The van der Waals surface area contributed by atoms with Crippen LogP contribution in [0.1, 0.15) is 42.6 Å². The van der Waals surface area contributed by atoms with E-state index in [1.807, 2.05) is 30.3 Å². The maximum absolute atomic E-state index is 12.2. The second kappa shape index (κ2) is 6.84. The third kappa shape index (κ3) is 4.09. The number of hydrogen-bond donors (Lipinski definition) is 1. The van der Waals surface area contributed by atoms with Gasteiger partial charge in [0, 0.05) is 18.0 Å². The standard InChI is InChI=1S/C19H20N4O2/c1-19(2,3)15-8-6-13(7-9-15)17(24)21-12-16-22-23-18(25-16)14-5-4-10-20-11-14/h4-11H,12H2,1-3H3,(H,21,24). The Kier molecular flexibility index (Phi) is 4.61. The van der Waals surface area contributed by atoms with E-state index >= 15 is 0 Å². The van der Waals surface area contributed by atoms with Gasteiger partial charge in [-0.15, -0.1) is 10.2 Å². The topological polar surface area (TPSA) is 80.9 Å². The largest absolute Gasteiger partial charge is 0.419 e. The molecule has 0 aliphatic rings. The minimum absolute atomic E-state index is 0.0570. The van der Waals surface area contributed by atoms with E-state index in [1.54, 1.807) is 18.5 Å². The smallest absolute Gasteiger partial charge is 0.251 e. The first-order valence-corrected chi connectivity index (χ1v) is 8.05. The molecule has 0 spiro atoms. The van der Waals surface area contributed by atoms with Crippen molar-refractivity contribution in [3.63, 3.8) is 0 Å². The first-order valence-electron chi connectivity index (χ1n) is 8.05. The van der Waals surface area contributed by atoms with Crippen LogP contribution in [0, 0.1) is 0 Å². The molecule has 0 aliphatic heterocycles. The van der Waals surface area contributed by atoms with E-state index in [9.17, 15) is 4.79 Å². The highest BCUT2D eigenvalue weighted by atomic mass is 16.4. The third-order valence-electron chi connectivity index (χ3n) is 3.79. The van der Waals surface area contributed by atoms with Gasteiger partial charge in [-0.1, -0.05) is 32.9 Å². The molecule has 0 saturated heterocycles. The van der Waals surface area contributed by atoms with Gasteiger partial charge in [-0.05, 0) is 35.2 Å². The molecule has 1 N–H and O–H groups in total. The van der Waals surface area contributed by atoms with E-state index < -0.39 is 0 Å². The Morgan fingerprint density at radius 3 is 2.52 bits per heavy atom. The summed E-state index contributed by atoms with van der Waals surface area (Å²) in [5.41, 5.74) is 2.58. The van der Waals surface area contributed by atoms with Gasteiger partial charge >= 0.3 is 0 Å². The summed E-state index contributed by atoms with van der Waals surface area (Å²) in [5.74, 6) is 0.548. The summed E-state index contributed by atoms with van der Waals surface area (Å²) in [6.07, 6.45) is 3.32. The summed E-state index contributed by atoms with van der Waals surface area (Å²) in [5, 5.41) is 10.7. The molecule has 6 nitrogen and oxygen atoms in total. The van der Waals surface area contributed by atoms with E-state index in [0.29, 0.717) is 17.3 Å². The number of carbonyl (C=O) groups excluding carboxylic acids is 1. The molecule has 0 atom stereocenters. The second-order valence-electron chi connectivity index (χ2n) is 6.75. The van der Waals surface area contributed by atoms with Gasteiger partial charge in [0.1, 0.15) is 0 Å². The Morgan fingerprint density at radius 1 is 1.12 bits per heavy atom. The van der Waals surface area contributed by atoms with Crippen molar-refractivity contribution in [1.82, 2.24) is 20.5 Å². The van der Waals surface area contributed by atoms with Crippen molar-refractivity contribution >= 4 is 5.91 Å². The lowest BCUT2D eigenvalue weighted by atomic mass is 9.87. The highest BCUT2D eigenvalue weighted by Crippen LogP contribution is 2.22. The fourth-order valence-electron chi connectivity index (χ4n) is 2.31. The normalized spacial score (nSPS) is 11.3. The molecule has 3 rings (SSSR count). The Hall–Kier alpha value is -3.02. The van der Waals surface area contributed by atoms with E-state index in [-0.39, 0.29) is 17.9 Å². The number of aromatic nitrogens is 3. The first-order chi connectivity index (χ1) is 11.9. The molecule has 25 heavy (non-hydrogen) atoms. The molecule has 1 amide bonds. The summed E-state index contributed by atoms with van der Waals surface area (Å²) < 4.78 is 5.54. The lowest BCUT2D eigenvalue weighted by Crippen LogP contribution is -2.23. The van der Waals surface area contributed by atoms with Gasteiger partial charge < -0.3 is 9.73 Å². The Morgan fingerprint density at radius 2 is 1.88 bits per heavy atom. The summed E-state index contributed by atoms with van der Waals surface area (Å²) in [7, 11) is 0. The number of nitrogens with zero attached hydrogens (tertiary/aromatic N) is 3. The first kappa shape index (κ1) is 16.8. The highest BCUT2D eigenvalue weighted by Gasteiger charge is 2.15. The van der Waals surface area contributed by atoms with Crippen LogP contribution in [0.3, 0.4) is 0 Å². The van der Waals surface area contributed by atoms with E-state index in [2.05, 4.69) is 41.3 Å². The van der Waals surface area contributed by atoms with E-state index in [4.69, 9.17) is 4.42 Å². The van der Waals surface area contributed by atoms with Crippen LogP contribution in [0.4, 0.5) is 0 Å². The van der Waals surface area contributed by atoms with Crippen LogP contribution in [0.25, 0.3) is 11.5 Å². The van der Waals surface area contributed by atoms with Crippen LogP contribution in [0.2, 0.25) is 0 Å². The minimum atomic E-state index is -0.179. The number of benzene rings is 1. The van der Waals surface area contributed by atoms with Gasteiger partial charge in [0.25, 0.3) is 5.91 Å². The van der Waals surface area contributed by atoms with Crippen LogP contribution in [0.15, 0.2) is 53.2 Å². The van der Waals surface area contributed by atoms with Crippen molar-refractivity contribution in [2.45, 2.75) is 32.7 Å². The van der Waals surface area contributed by atoms with Crippen LogP contribution < -0.4 is 5.32 Å². The Balaban J connectivity index is 1.62. The molecule has 0 aliphatic carbocycles. The lowest BCUT2D eigenvalue weighted by molar-refractivity contribution is 0.0947. The van der Waals surface area contributed by atoms with Gasteiger partial charge in [0.05, 0.1) is 12.1 Å². The molecular weight excluding hydrogens is 316 g/mol. The molecule has 1 aromatic carbocycles. The van der Waals surface area contributed by atoms with Crippen molar-refractivity contribution in [3.8, 4) is 11.5 Å². The van der Waals surface area contributed by atoms with Gasteiger partial charge in [0.2, 0.25) is 11.8 Å². The van der Waals surface area contributed by atoms with Crippen LogP contribution in [0.5, 0.6) is 0 Å². The van der Waals surface area contributed by atoms with Crippen LogP contribution in [-0.4, -0.2) is 21.1 Å². The number of nitrogens with one attached hydrogen (secondary N) is 1. The maximum Gasteiger partial charge on any atom is 0.251 e. The van der Waals surface area contributed by atoms with Crippen molar-refractivity contribution in [3.05, 3.63) is 65.8 Å². The zero-order valence-corrected chi connectivity index (χ0v) is 14.5. The van der Waals surface area contributed by atoms with Gasteiger partial charge in [-0.2, -0.15) is 0 Å². The van der Waals surface area contributed by atoms with Crippen LogP contribution in [-0.2, 0) is 12.0 Å². The van der Waals surface area contributed by atoms with Crippen molar-refractivity contribution in [2.75, 3.05) is 0 Å². The number of amides is 1. The fourth-order valence-corrected chi connectivity index (χ4v) is 2.31. The quantitative estimate of drug-likeness (QED) is 0.790. The molecule has 0 radical (unpaired) electrons. The van der Waals surface area contributed by atoms with Crippen molar-refractivity contribution in [2.24, 2.45) is 0 Å². The van der Waals surface area contributed by atoms with Gasteiger partial charge in [0.15, 0.2) is 0 Å². The third-order valence-corrected chi connectivity index (χ3v) is 3.79. The summed E-state index contributed by atoms with van der Waals surface area (Å²) in [6.45, 7) is 6.58. The monoisotopic (exact) mass is 336 g/mol. The zero-order chi connectivity index (χ0) is 17.9. The second-order valence-corrected chi connectivity index (χ2v) is 6.75. The Bertz CT molecular complexity index is 849. The maximum atomic E-state index is 12.2. The predicted octanol–water partition coefficient (Wildman–Crippen LogP) is 3.36. The fraction of sp³-hybridized carbons (Fsp3) is 0.263. The zero-order valence-electron chi connectivity index (χ0n) is 14.5. The number of hydrogen-bond acceptors (Lipinski definition) is 5. The molecular formula is C19H20N4O2. The number of carbonyl (C=O) groups is 1. The molecule has 2 heterocycles. The van der Waals surface area contributed by atoms with Gasteiger partial charge in [-0.3, -0.25) is 9.78 Å². The molecule has 0 fully saturated rings. The van der Waals surface area contributed by atoms with Gasteiger partial charge in [-0.25, -0.2) is 0 Å². The van der Waals surface area contributed by atoms with E-state index in [0.717, 1.165) is 5.56 Å². The number of pyridine rings is 1. The van der Waals surface area contributed by atoms with E-state index in [1.165, 1.54) is 5.56 Å². The van der Waals surface area contributed by atoms with Crippen LogP contribution >= 0.6 is 0 Å². The molecule has 128 valence electrons. The molecule has 0 unspecified atom stereocenters. The minimum Gasteiger partial charge on any atom is -0.419 e. The molecule has 2 aromatic heterocycles. The Labute approximate surface area is 146 Å². The van der Waals surface area contributed by atoms with Crippen molar-refractivity contribution in [1.29, 1.82) is 0 Å². The summed E-state index contributed by atoms with van der Waals surface area (Å²) in [4.78, 5) is 16.3. The molecule has 6 heteroatoms. The summed E-state index contributed by atoms with van der Waals surface area (Å²) in [6, 6.07) is 11.2. The molecule has 0 saturated carbocycles. The average molecular weight is 336 g/mol. The predicted molar refractivity (Wildman–Crippen MR) is 93.8 cm³/mol. The molecule has 0 bridgehead atoms. The average Bonchev–Trinajstić information content (AvgIpc) is 3.09. The number of rotatable bonds is 4. The lowest BCUT2D eigenvalue weighted by Gasteiger charge is -2.18. The molecule has 3 aromatic rings.